The molecule has 2 saturated heterocycles. The minimum Gasteiger partial charge on any atom is -0.336 e. The van der Waals surface area contributed by atoms with Crippen molar-refractivity contribution in [2.45, 2.75) is 69.7 Å². The van der Waals surface area contributed by atoms with Gasteiger partial charge in [0.05, 0.1) is 6.54 Å². The minimum absolute atomic E-state index is 0.0186. The molecular weight excluding hydrogens is 413 g/mol. The molecule has 0 radical (unpaired) electrons. The zero-order valence-electron chi connectivity index (χ0n) is 17.8. The van der Waals surface area contributed by atoms with Crippen molar-refractivity contribution >= 4 is 16.7 Å². The Hall–Kier alpha value is -1.41. The van der Waals surface area contributed by atoms with Gasteiger partial charge in [-0.1, -0.05) is 0 Å². The van der Waals surface area contributed by atoms with Crippen LogP contribution in [0.1, 0.15) is 52.0 Å². The van der Waals surface area contributed by atoms with E-state index in [2.05, 4.69) is 0 Å². The Labute approximate surface area is 178 Å². The van der Waals surface area contributed by atoms with Crippen LogP contribution in [0.4, 0.5) is 13.2 Å². The van der Waals surface area contributed by atoms with Gasteiger partial charge in [0, 0.05) is 39.4 Å². The quantitative estimate of drug-likeness (QED) is 0.683. The van der Waals surface area contributed by atoms with E-state index in [4.69, 9.17) is 5.73 Å². The number of piperidine rings is 1. The van der Waals surface area contributed by atoms with Crippen molar-refractivity contribution < 1.29 is 22.2 Å². The zero-order chi connectivity index (χ0) is 22.2. The molecule has 3 rings (SSSR count). The molecule has 1 unspecified atom stereocenters. The van der Waals surface area contributed by atoms with Crippen LogP contribution in [-0.4, -0.2) is 44.1 Å². The van der Waals surface area contributed by atoms with Crippen LogP contribution in [-0.2, 0) is 22.0 Å². The number of hydrogen-bond donors (Lipinski definition) is 1. The van der Waals surface area contributed by atoms with Crippen LogP contribution in [0.15, 0.2) is 12.1 Å². The maximum atomic E-state index is 14.4. The third-order valence-electron chi connectivity index (χ3n) is 6.52. The lowest BCUT2D eigenvalue weighted by atomic mass is 9.78. The number of fused-ring (bicyclic) bond motifs is 2. The van der Waals surface area contributed by atoms with Gasteiger partial charge in [-0.15, -0.1) is 0 Å². The smallest absolute Gasteiger partial charge is 0.236 e. The Balaban J connectivity index is 1.85. The van der Waals surface area contributed by atoms with Gasteiger partial charge in [-0.2, -0.15) is 0 Å². The number of halogens is 3. The van der Waals surface area contributed by atoms with Crippen molar-refractivity contribution in [3.05, 3.63) is 35.1 Å². The van der Waals surface area contributed by atoms with Gasteiger partial charge in [0.2, 0.25) is 5.91 Å². The van der Waals surface area contributed by atoms with E-state index in [1.807, 2.05) is 25.7 Å². The molecule has 30 heavy (non-hydrogen) atoms. The number of carbonyl (C=O) groups excluding carboxylic acids is 1. The largest absolute Gasteiger partial charge is 0.336 e. The minimum atomic E-state index is -1.21. The number of benzene rings is 1. The van der Waals surface area contributed by atoms with Gasteiger partial charge in [-0.25, -0.2) is 13.2 Å². The van der Waals surface area contributed by atoms with Crippen molar-refractivity contribution in [3.63, 3.8) is 0 Å². The first-order valence-electron chi connectivity index (χ1n) is 10.5. The molecule has 168 valence electrons. The van der Waals surface area contributed by atoms with Crippen LogP contribution < -0.4 is 5.73 Å². The van der Waals surface area contributed by atoms with Crippen LogP contribution in [0.2, 0.25) is 0 Å². The van der Waals surface area contributed by atoms with Crippen molar-refractivity contribution in [3.8, 4) is 0 Å². The van der Waals surface area contributed by atoms with Crippen molar-refractivity contribution in [2.24, 2.45) is 17.6 Å². The molecule has 2 fully saturated rings. The summed E-state index contributed by atoms with van der Waals surface area (Å²) in [6.45, 7) is 5.66. The summed E-state index contributed by atoms with van der Waals surface area (Å²) in [4.78, 5) is 14.1. The highest BCUT2D eigenvalue weighted by Gasteiger charge is 2.45. The Morgan fingerprint density at radius 1 is 1.13 bits per heavy atom. The summed E-state index contributed by atoms with van der Waals surface area (Å²) in [6, 6.07) is 1.67. The Kier molecular flexibility index (Phi) is 6.97. The van der Waals surface area contributed by atoms with Crippen LogP contribution in [0, 0.1) is 29.3 Å². The Morgan fingerprint density at radius 3 is 2.23 bits per heavy atom. The van der Waals surface area contributed by atoms with Crippen LogP contribution in [0.3, 0.4) is 0 Å². The molecule has 1 aromatic carbocycles. The fraction of sp³-hybridized carbons (Fsp3) is 0.682. The maximum Gasteiger partial charge on any atom is 0.236 e. The molecule has 0 spiro atoms. The van der Waals surface area contributed by atoms with Gasteiger partial charge in [-0.05, 0) is 76.3 Å². The van der Waals surface area contributed by atoms with Crippen LogP contribution in [0.5, 0.6) is 0 Å². The first-order valence-corrected chi connectivity index (χ1v) is 11.9. The number of carbonyl (C=O) groups is 1. The van der Waals surface area contributed by atoms with Gasteiger partial charge in [0.1, 0.15) is 5.82 Å². The third kappa shape index (κ3) is 4.90. The van der Waals surface area contributed by atoms with Crippen LogP contribution in [0.25, 0.3) is 0 Å². The average molecular weight is 445 g/mol. The van der Waals surface area contributed by atoms with Gasteiger partial charge < -0.3 is 10.6 Å². The second-order valence-corrected chi connectivity index (χ2v) is 11.8. The summed E-state index contributed by atoms with van der Waals surface area (Å²) >= 11 is 0. The average Bonchev–Trinajstić information content (AvgIpc) is 2.93. The number of nitrogens with zero attached hydrogens (tertiary/aromatic N) is 1. The monoisotopic (exact) mass is 444 g/mol. The van der Waals surface area contributed by atoms with E-state index < -0.39 is 33.0 Å². The van der Waals surface area contributed by atoms with E-state index in [-0.39, 0.29) is 48.4 Å². The van der Waals surface area contributed by atoms with E-state index in [0.29, 0.717) is 11.8 Å². The number of nitrogens with two attached hydrogens (primary N) is 1. The first kappa shape index (κ1) is 23.3. The summed E-state index contributed by atoms with van der Waals surface area (Å²) in [5.41, 5.74) is 5.68. The van der Waals surface area contributed by atoms with Gasteiger partial charge in [-0.3, -0.25) is 9.00 Å². The molecule has 1 aromatic rings. The fourth-order valence-electron chi connectivity index (χ4n) is 4.93. The molecule has 4 nitrogen and oxygen atoms in total. The fourth-order valence-corrected chi connectivity index (χ4v) is 6.20. The van der Waals surface area contributed by atoms with Crippen molar-refractivity contribution in [2.75, 3.05) is 12.3 Å². The second kappa shape index (κ2) is 8.99. The lowest BCUT2D eigenvalue weighted by Crippen LogP contribution is -2.50. The van der Waals surface area contributed by atoms with Crippen LogP contribution >= 0.6 is 0 Å². The molecule has 2 N–H and O–H groups in total. The number of hydrogen-bond acceptors (Lipinski definition) is 3. The molecule has 2 bridgehead atoms. The van der Waals surface area contributed by atoms with E-state index >= 15 is 0 Å². The molecule has 5 atom stereocenters. The highest BCUT2D eigenvalue weighted by atomic mass is 32.2. The normalized spacial score (nSPS) is 26.0. The molecule has 0 aromatic heterocycles. The van der Waals surface area contributed by atoms with Gasteiger partial charge in [0.15, 0.2) is 11.6 Å². The molecule has 0 aliphatic carbocycles. The highest BCUT2D eigenvalue weighted by Crippen LogP contribution is 2.43. The lowest BCUT2D eigenvalue weighted by molar-refractivity contribution is -0.135. The van der Waals surface area contributed by atoms with E-state index in [9.17, 15) is 22.2 Å². The van der Waals surface area contributed by atoms with E-state index in [0.717, 1.165) is 31.7 Å². The number of rotatable bonds is 6. The third-order valence-corrected chi connectivity index (χ3v) is 8.62. The molecule has 2 aliphatic rings. The Morgan fingerprint density at radius 2 is 1.70 bits per heavy atom. The summed E-state index contributed by atoms with van der Waals surface area (Å²) in [5, 5.41) is 0. The van der Waals surface area contributed by atoms with E-state index in [1.165, 1.54) is 0 Å². The summed E-state index contributed by atoms with van der Waals surface area (Å²) in [6.07, 6.45) is 3.47. The zero-order valence-corrected chi connectivity index (χ0v) is 18.6. The topological polar surface area (TPSA) is 63.4 Å². The van der Waals surface area contributed by atoms with E-state index in [1.54, 1.807) is 0 Å². The summed E-state index contributed by atoms with van der Waals surface area (Å²) in [5.74, 6) is -2.78. The Bertz CT molecular complexity index is 813. The first-order chi connectivity index (χ1) is 14.0. The lowest BCUT2D eigenvalue weighted by Gasteiger charge is -2.42. The molecular formula is C22H31F3N2O2S. The SMILES string of the molecule is CC(C)(C)[S@](=O)C[C@H](Cc1cc(F)c(F)cc1F)C1C[C@H]2CC[C@@H](C1)N2C(=O)CN. The standard InChI is InChI=1S/C22H31F3N2O2S/c1-22(2,3)30(29)12-15(6-14-9-19(24)20(25)10-18(14)23)13-7-16-4-5-17(8-13)27(16)21(28)11-26/h9-10,13,15-17H,4-8,11-12,26H2,1-3H3/t13?,15-,16-,17+,30+/m0/s1. The van der Waals surface area contributed by atoms with Crippen molar-refractivity contribution in [1.82, 2.24) is 4.90 Å². The highest BCUT2D eigenvalue weighted by molar-refractivity contribution is 7.86. The summed E-state index contributed by atoms with van der Waals surface area (Å²) in [7, 11) is -1.17. The molecule has 2 aliphatic heterocycles. The number of amides is 1. The molecule has 2 heterocycles. The van der Waals surface area contributed by atoms with Gasteiger partial charge in [0.25, 0.3) is 0 Å². The molecule has 1 amide bonds. The predicted molar refractivity (Wildman–Crippen MR) is 112 cm³/mol. The maximum absolute atomic E-state index is 14.4. The van der Waals surface area contributed by atoms with Crippen molar-refractivity contribution in [1.29, 1.82) is 0 Å². The van der Waals surface area contributed by atoms with Gasteiger partial charge >= 0.3 is 0 Å². The molecule has 8 heteroatoms. The summed E-state index contributed by atoms with van der Waals surface area (Å²) < 4.78 is 54.0. The predicted octanol–water partition coefficient (Wildman–Crippen LogP) is 3.54. The second-order valence-electron chi connectivity index (χ2n) is 9.57. The molecule has 0 saturated carbocycles.